The molecule has 0 aromatic heterocycles. The van der Waals surface area contributed by atoms with E-state index in [1.54, 1.807) is 0 Å². The van der Waals surface area contributed by atoms with E-state index in [2.05, 4.69) is 13.8 Å². The van der Waals surface area contributed by atoms with Crippen molar-refractivity contribution in [3.63, 3.8) is 0 Å². The number of cyclic esters (lactones) is 3. The van der Waals surface area contributed by atoms with Crippen molar-refractivity contribution in [1.29, 1.82) is 0 Å². The molecule has 9 heteroatoms. The highest BCUT2D eigenvalue weighted by Crippen LogP contribution is 2.32. The van der Waals surface area contributed by atoms with Gasteiger partial charge in [0.25, 0.3) is 0 Å². The summed E-state index contributed by atoms with van der Waals surface area (Å²) >= 11 is 0. The van der Waals surface area contributed by atoms with E-state index in [9.17, 15) is 29.7 Å². The van der Waals surface area contributed by atoms with Gasteiger partial charge in [-0.05, 0) is 12.8 Å². The standard InChI is InChI=1S/C47H88O9/c1-3-5-7-9-11-13-15-17-19-20-21-22-23-24-25-27-29-31-33-35-37-43(50)47(38-36-34-32-30-28-26-18-16-14-12-10-8-6-4-2)46(53)55-41(39-48)44(51)54-42(40-49)45(52)56-47/h41-43,48-50H,3-40H2,1-2H3. The fourth-order valence-electron chi connectivity index (χ4n) is 7.98. The van der Waals surface area contributed by atoms with E-state index in [1.165, 1.54) is 161 Å². The van der Waals surface area contributed by atoms with Crippen molar-refractivity contribution >= 4 is 17.9 Å². The van der Waals surface area contributed by atoms with Crippen LogP contribution in [0.1, 0.15) is 245 Å². The number of carbonyl (C=O) groups is 3. The molecule has 0 radical (unpaired) electrons. The molecular formula is C47H88O9. The molecule has 4 unspecified atom stereocenters. The third kappa shape index (κ3) is 24.9. The number of aliphatic hydroxyl groups is 3. The molecule has 4 atom stereocenters. The van der Waals surface area contributed by atoms with E-state index in [0.717, 1.165) is 44.9 Å². The van der Waals surface area contributed by atoms with Crippen molar-refractivity contribution in [1.82, 2.24) is 0 Å². The van der Waals surface area contributed by atoms with Gasteiger partial charge in [-0.3, -0.25) is 0 Å². The lowest BCUT2D eigenvalue weighted by molar-refractivity contribution is -0.203. The number of esters is 3. The third-order valence-corrected chi connectivity index (χ3v) is 11.8. The molecule has 1 aliphatic rings. The maximum Gasteiger partial charge on any atom is 0.354 e. The van der Waals surface area contributed by atoms with Crippen LogP contribution in [-0.4, -0.2) is 70.4 Å². The third-order valence-electron chi connectivity index (χ3n) is 11.8. The molecule has 0 aromatic carbocycles. The summed E-state index contributed by atoms with van der Waals surface area (Å²) < 4.78 is 16.1. The van der Waals surface area contributed by atoms with Crippen molar-refractivity contribution in [3.8, 4) is 0 Å². The minimum Gasteiger partial charge on any atom is -0.445 e. The van der Waals surface area contributed by atoms with Gasteiger partial charge in [-0.25, -0.2) is 14.4 Å². The highest BCUT2D eigenvalue weighted by Gasteiger charge is 2.53. The van der Waals surface area contributed by atoms with Gasteiger partial charge in [0.15, 0.2) is 0 Å². The molecule has 3 N–H and O–H groups in total. The minimum atomic E-state index is -2.06. The molecule has 1 aliphatic heterocycles. The van der Waals surface area contributed by atoms with E-state index in [-0.39, 0.29) is 12.8 Å². The van der Waals surface area contributed by atoms with Gasteiger partial charge in [0.05, 0.1) is 13.2 Å². The molecule has 1 heterocycles. The summed E-state index contributed by atoms with van der Waals surface area (Å²) in [6.07, 6.45) is 36.9. The Balaban J connectivity index is 2.45. The molecule has 330 valence electrons. The molecule has 0 saturated carbocycles. The highest BCUT2D eigenvalue weighted by atomic mass is 16.7. The molecule has 1 fully saturated rings. The number of unbranched alkanes of at least 4 members (excludes halogenated alkanes) is 32. The van der Waals surface area contributed by atoms with Crippen LogP contribution in [0.3, 0.4) is 0 Å². The Bertz CT molecular complexity index is 941. The summed E-state index contributed by atoms with van der Waals surface area (Å²) in [4.78, 5) is 39.3. The minimum absolute atomic E-state index is 0.0143. The molecule has 0 aliphatic carbocycles. The fourth-order valence-corrected chi connectivity index (χ4v) is 7.98. The van der Waals surface area contributed by atoms with Crippen LogP contribution in [0.15, 0.2) is 0 Å². The fraction of sp³-hybridized carbons (Fsp3) is 0.936. The van der Waals surface area contributed by atoms with Gasteiger partial charge in [0.2, 0.25) is 17.8 Å². The lowest BCUT2D eigenvalue weighted by Crippen LogP contribution is -2.55. The zero-order valence-corrected chi connectivity index (χ0v) is 36.4. The lowest BCUT2D eigenvalue weighted by Gasteiger charge is -2.35. The van der Waals surface area contributed by atoms with Gasteiger partial charge < -0.3 is 29.5 Å². The molecule has 0 bridgehead atoms. The van der Waals surface area contributed by atoms with Crippen molar-refractivity contribution in [2.75, 3.05) is 13.2 Å². The average Bonchev–Trinajstić information content (AvgIpc) is 3.23. The normalized spacial score (nSPS) is 19.6. The zero-order valence-electron chi connectivity index (χ0n) is 36.4. The van der Waals surface area contributed by atoms with Crippen LogP contribution in [-0.2, 0) is 28.6 Å². The quantitative estimate of drug-likeness (QED) is 0.0315. The SMILES string of the molecule is CCCCCCCCCCCCCCCCCCCCCCC(O)C1(CCCCCCCCCCCCCCCC)OC(=O)C(CO)OC(=O)C(CO)OC1=O. The van der Waals surface area contributed by atoms with E-state index in [1.807, 2.05) is 0 Å². The van der Waals surface area contributed by atoms with Gasteiger partial charge in [0, 0.05) is 6.42 Å². The first-order valence-corrected chi connectivity index (χ1v) is 23.9. The number of hydrogen-bond donors (Lipinski definition) is 3. The van der Waals surface area contributed by atoms with Crippen LogP contribution in [0.2, 0.25) is 0 Å². The summed E-state index contributed by atoms with van der Waals surface area (Å²) in [5.41, 5.74) is -2.06. The van der Waals surface area contributed by atoms with Crippen molar-refractivity contribution in [2.24, 2.45) is 0 Å². The second-order valence-electron chi connectivity index (χ2n) is 16.9. The van der Waals surface area contributed by atoms with Crippen LogP contribution in [0.4, 0.5) is 0 Å². The van der Waals surface area contributed by atoms with E-state index in [4.69, 9.17) is 14.2 Å². The Hall–Kier alpha value is -1.71. The maximum absolute atomic E-state index is 13.7. The Kier molecular flexibility index (Phi) is 34.0. The maximum atomic E-state index is 13.7. The van der Waals surface area contributed by atoms with E-state index >= 15 is 0 Å². The lowest BCUT2D eigenvalue weighted by atomic mass is 9.86. The Morgan fingerprint density at radius 1 is 0.446 bits per heavy atom. The molecule has 1 saturated heterocycles. The summed E-state index contributed by atoms with van der Waals surface area (Å²) in [5.74, 6) is -3.31. The van der Waals surface area contributed by atoms with Gasteiger partial charge in [0.1, 0.15) is 6.10 Å². The monoisotopic (exact) mass is 797 g/mol. The summed E-state index contributed by atoms with van der Waals surface area (Å²) in [7, 11) is 0. The smallest absolute Gasteiger partial charge is 0.354 e. The largest absolute Gasteiger partial charge is 0.445 e. The first-order chi connectivity index (χ1) is 27.4. The van der Waals surface area contributed by atoms with Crippen molar-refractivity contribution < 1.29 is 43.9 Å². The molecule has 0 amide bonds. The van der Waals surface area contributed by atoms with Gasteiger partial charge in [-0.15, -0.1) is 0 Å². The summed E-state index contributed by atoms with van der Waals surface area (Å²) in [6.45, 7) is 2.80. The molecule has 56 heavy (non-hydrogen) atoms. The van der Waals surface area contributed by atoms with Crippen LogP contribution >= 0.6 is 0 Å². The van der Waals surface area contributed by atoms with Crippen molar-refractivity contribution in [3.05, 3.63) is 0 Å². The number of carbonyl (C=O) groups excluding carboxylic acids is 3. The average molecular weight is 797 g/mol. The number of ether oxygens (including phenoxy) is 3. The molecule has 0 spiro atoms. The van der Waals surface area contributed by atoms with Gasteiger partial charge >= 0.3 is 17.9 Å². The molecule has 9 nitrogen and oxygen atoms in total. The predicted octanol–water partition coefficient (Wildman–Crippen LogP) is 11.5. The molecule has 1 rings (SSSR count). The molecule has 0 aromatic rings. The van der Waals surface area contributed by atoms with Crippen LogP contribution < -0.4 is 0 Å². The first kappa shape index (κ1) is 52.3. The Morgan fingerprint density at radius 3 is 1.09 bits per heavy atom. The van der Waals surface area contributed by atoms with E-state index < -0.39 is 55.0 Å². The number of aliphatic hydroxyl groups excluding tert-OH is 3. The van der Waals surface area contributed by atoms with Crippen LogP contribution in [0.25, 0.3) is 0 Å². The van der Waals surface area contributed by atoms with Crippen molar-refractivity contribution in [2.45, 2.75) is 269 Å². The highest BCUT2D eigenvalue weighted by molar-refractivity contribution is 5.90. The first-order valence-electron chi connectivity index (χ1n) is 23.9. The van der Waals surface area contributed by atoms with Gasteiger partial charge in [-0.1, -0.05) is 226 Å². The van der Waals surface area contributed by atoms with Gasteiger partial charge in [-0.2, -0.15) is 0 Å². The van der Waals surface area contributed by atoms with E-state index in [0.29, 0.717) is 12.8 Å². The second kappa shape index (κ2) is 36.4. The second-order valence-corrected chi connectivity index (χ2v) is 16.9. The Morgan fingerprint density at radius 2 is 0.750 bits per heavy atom. The number of hydrogen-bond acceptors (Lipinski definition) is 9. The van der Waals surface area contributed by atoms with Crippen LogP contribution in [0, 0.1) is 0 Å². The zero-order chi connectivity index (χ0) is 41.0. The summed E-state index contributed by atoms with van der Waals surface area (Å²) in [5, 5.41) is 31.1. The topological polar surface area (TPSA) is 140 Å². The van der Waals surface area contributed by atoms with Crippen LogP contribution in [0.5, 0.6) is 0 Å². The summed E-state index contributed by atoms with van der Waals surface area (Å²) in [6, 6.07) is 0. The Labute approximate surface area is 343 Å². The molecular weight excluding hydrogens is 709 g/mol. The number of rotatable bonds is 39. The predicted molar refractivity (Wildman–Crippen MR) is 226 cm³/mol.